The molecule has 3 aromatic carbocycles. The summed E-state index contributed by atoms with van der Waals surface area (Å²) < 4.78 is 13.0. The van der Waals surface area contributed by atoms with Gasteiger partial charge in [0.1, 0.15) is 0 Å². The Morgan fingerprint density at radius 1 is 0.955 bits per heavy atom. The van der Waals surface area contributed by atoms with Crippen LogP contribution in [0.15, 0.2) is 72.8 Å². The number of carbonyl (C=O) groups is 2. The zero-order valence-electron chi connectivity index (χ0n) is 24.5. The number of carboxylic acid groups (broad SMARTS) is 1. The second-order valence-corrected chi connectivity index (χ2v) is 12.0. The first kappa shape index (κ1) is 32.1. The molecular formula is C34H39ClN2O7. The number of likely N-dealkylation sites (tertiary alicyclic amines) is 1. The fourth-order valence-electron chi connectivity index (χ4n) is 5.86. The van der Waals surface area contributed by atoms with Gasteiger partial charge >= 0.3 is 5.97 Å². The number of ether oxygens (including phenoxy) is 2. The molecule has 0 unspecified atom stereocenters. The van der Waals surface area contributed by atoms with Crippen molar-refractivity contribution in [1.29, 1.82) is 0 Å². The number of hydrogen-bond donors (Lipinski definition) is 4. The minimum absolute atomic E-state index is 0.0354. The van der Waals surface area contributed by atoms with Crippen molar-refractivity contribution in [3.05, 3.63) is 100 Å². The summed E-state index contributed by atoms with van der Waals surface area (Å²) in [6.07, 6.45) is 1.05. The van der Waals surface area contributed by atoms with E-state index in [1.807, 2.05) is 66.7 Å². The minimum atomic E-state index is -0.928. The molecule has 0 aromatic heterocycles. The SMILES string of the molecule is O=C(O)CCCC(=O)Nc1cccc([C@@H]2O[C@H](CN3CCC(O)(c4ccc(Cl)cc4)CC3)C[C@H](c3ccc(CO)cc3)O2)c1. The molecule has 4 N–H and O–H groups in total. The van der Waals surface area contributed by atoms with Gasteiger partial charge in [-0.25, -0.2) is 0 Å². The summed E-state index contributed by atoms with van der Waals surface area (Å²) in [6.45, 7) is 2.06. The molecule has 2 aliphatic heterocycles. The van der Waals surface area contributed by atoms with Crippen LogP contribution in [-0.4, -0.2) is 57.8 Å². The van der Waals surface area contributed by atoms with Crippen LogP contribution in [0.3, 0.4) is 0 Å². The molecule has 1 amide bonds. The van der Waals surface area contributed by atoms with Gasteiger partial charge in [-0.15, -0.1) is 0 Å². The Labute approximate surface area is 262 Å². The highest BCUT2D eigenvalue weighted by atomic mass is 35.5. The lowest BCUT2D eigenvalue weighted by molar-refractivity contribution is -0.253. The van der Waals surface area contributed by atoms with Crippen LogP contribution in [0.2, 0.25) is 5.02 Å². The molecule has 2 aliphatic rings. The van der Waals surface area contributed by atoms with Gasteiger partial charge in [-0.1, -0.05) is 60.1 Å². The van der Waals surface area contributed by atoms with Gasteiger partial charge in [0, 0.05) is 55.2 Å². The number of aliphatic hydroxyl groups excluding tert-OH is 1. The fourth-order valence-corrected chi connectivity index (χ4v) is 5.99. The van der Waals surface area contributed by atoms with E-state index in [0.29, 0.717) is 49.6 Å². The van der Waals surface area contributed by atoms with Crippen molar-refractivity contribution in [3.63, 3.8) is 0 Å². The Morgan fingerprint density at radius 2 is 1.68 bits per heavy atom. The number of carbonyl (C=O) groups excluding carboxylic acids is 1. The first-order valence-electron chi connectivity index (χ1n) is 15.0. The molecule has 9 nitrogen and oxygen atoms in total. The Hall–Kier alpha value is -3.31. The molecule has 44 heavy (non-hydrogen) atoms. The molecule has 0 spiro atoms. The van der Waals surface area contributed by atoms with E-state index in [4.69, 9.17) is 26.2 Å². The minimum Gasteiger partial charge on any atom is -0.481 e. The number of amides is 1. The second-order valence-electron chi connectivity index (χ2n) is 11.6. The van der Waals surface area contributed by atoms with Crippen LogP contribution in [0.25, 0.3) is 0 Å². The van der Waals surface area contributed by atoms with E-state index in [1.54, 1.807) is 6.07 Å². The predicted molar refractivity (Wildman–Crippen MR) is 166 cm³/mol. The van der Waals surface area contributed by atoms with Crippen molar-refractivity contribution in [2.24, 2.45) is 0 Å². The lowest BCUT2D eigenvalue weighted by Gasteiger charge is -2.42. The van der Waals surface area contributed by atoms with Crippen LogP contribution in [0.5, 0.6) is 0 Å². The second kappa shape index (κ2) is 14.6. The number of piperidine rings is 1. The highest BCUT2D eigenvalue weighted by molar-refractivity contribution is 6.30. The van der Waals surface area contributed by atoms with Crippen molar-refractivity contribution in [3.8, 4) is 0 Å². The van der Waals surface area contributed by atoms with E-state index in [2.05, 4.69) is 10.2 Å². The van der Waals surface area contributed by atoms with E-state index in [9.17, 15) is 19.8 Å². The van der Waals surface area contributed by atoms with E-state index in [0.717, 1.165) is 22.3 Å². The number of aliphatic carboxylic acids is 1. The van der Waals surface area contributed by atoms with E-state index in [-0.39, 0.29) is 44.0 Å². The van der Waals surface area contributed by atoms with Crippen LogP contribution in [-0.2, 0) is 31.3 Å². The van der Waals surface area contributed by atoms with Crippen LogP contribution in [0.1, 0.15) is 73.2 Å². The van der Waals surface area contributed by atoms with Crippen molar-refractivity contribution >= 4 is 29.2 Å². The Morgan fingerprint density at radius 3 is 2.36 bits per heavy atom. The van der Waals surface area contributed by atoms with Crippen LogP contribution < -0.4 is 5.32 Å². The summed E-state index contributed by atoms with van der Waals surface area (Å²) in [5.41, 5.74) is 3.13. The summed E-state index contributed by atoms with van der Waals surface area (Å²) in [5, 5.41) is 33.2. The molecule has 2 fully saturated rings. The van der Waals surface area contributed by atoms with E-state index < -0.39 is 17.9 Å². The number of nitrogens with one attached hydrogen (secondary N) is 1. The summed E-state index contributed by atoms with van der Waals surface area (Å²) in [7, 11) is 0. The molecule has 234 valence electrons. The number of hydrogen-bond acceptors (Lipinski definition) is 7. The van der Waals surface area contributed by atoms with Crippen LogP contribution >= 0.6 is 11.6 Å². The third kappa shape index (κ3) is 8.44. The average Bonchev–Trinajstić information content (AvgIpc) is 3.02. The highest BCUT2D eigenvalue weighted by Gasteiger charge is 2.37. The first-order valence-corrected chi connectivity index (χ1v) is 15.4. The van der Waals surface area contributed by atoms with Crippen molar-refractivity contribution < 1.29 is 34.4 Å². The Balaban J connectivity index is 1.28. The van der Waals surface area contributed by atoms with Gasteiger partial charge in [-0.05, 0) is 60.2 Å². The monoisotopic (exact) mass is 622 g/mol. The highest BCUT2D eigenvalue weighted by Crippen LogP contribution is 2.40. The van der Waals surface area contributed by atoms with Crippen molar-refractivity contribution in [2.45, 2.75) is 69.2 Å². The van der Waals surface area contributed by atoms with Gasteiger partial charge in [0.25, 0.3) is 0 Å². The normalized spacial score (nSPS) is 21.9. The van der Waals surface area contributed by atoms with Crippen LogP contribution in [0.4, 0.5) is 5.69 Å². The van der Waals surface area contributed by atoms with Gasteiger partial charge in [0.05, 0.1) is 24.4 Å². The fraction of sp³-hybridized carbons (Fsp3) is 0.412. The molecule has 5 rings (SSSR count). The number of carboxylic acids is 1. The molecule has 0 bridgehead atoms. The van der Waals surface area contributed by atoms with Gasteiger partial charge in [0.15, 0.2) is 6.29 Å². The van der Waals surface area contributed by atoms with Gasteiger partial charge in [-0.2, -0.15) is 0 Å². The topological polar surface area (TPSA) is 129 Å². The molecule has 0 aliphatic carbocycles. The first-order chi connectivity index (χ1) is 21.2. The molecule has 2 saturated heterocycles. The number of aliphatic hydroxyl groups is 2. The summed E-state index contributed by atoms with van der Waals surface area (Å²) >= 11 is 6.05. The van der Waals surface area contributed by atoms with Gasteiger partial charge in [-0.3, -0.25) is 9.59 Å². The summed E-state index contributed by atoms with van der Waals surface area (Å²) in [5.74, 6) is -1.18. The number of rotatable bonds is 11. The third-order valence-electron chi connectivity index (χ3n) is 8.38. The average molecular weight is 623 g/mol. The third-order valence-corrected chi connectivity index (χ3v) is 8.63. The molecule has 3 aromatic rings. The molecule has 10 heteroatoms. The number of benzene rings is 3. The quantitative estimate of drug-likeness (QED) is 0.219. The maximum Gasteiger partial charge on any atom is 0.303 e. The van der Waals surface area contributed by atoms with E-state index in [1.165, 1.54) is 0 Å². The van der Waals surface area contributed by atoms with Gasteiger partial charge in [0.2, 0.25) is 5.91 Å². The zero-order valence-corrected chi connectivity index (χ0v) is 25.3. The maximum absolute atomic E-state index is 12.4. The Bertz CT molecular complexity index is 1410. The standard InChI is InChI=1S/C34H39ClN2O7/c35-27-13-11-26(12-14-27)34(42)15-17-37(18-16-34)21-29-20-30(24-9-7-23(22-38)8-10-24)44-33(43-29)25-3-1-4-28(19-25)36-31(39)5-2-6-32(40)41/h1,3-4,7-14,19,29-30,33,38,42H,2,5-6,15-18,20-22H2,(H,36,39)(H,40,41)/t29-,30+,33+/m0/s1. The maximum atomic E-state index is 12.4. The molecule has 0 radical (unpaired) electrons. The molecule has 0 saturated carbocycles. The zero-order chi connectivity index (χ0) is 31.1. The Kier molecular flexibility index (Phi) is 10.7. The summed E-state index contributed by atoms with van der Waals surface area (Å²) in [6, 6.07) is 22.4. The largest absolute Gasteiger partial charge is 0.481 e. The lowest BCUT2D eigenvalue weighted by atomic mass is 9.84. The van der Waals surface area contributed by atoms with Gasteiger partial charge < -0.3 is 35.0 Å². The molecule has 3 atom stereocenters. The number of halogens is 1. The van der Waals surface area contributed by atoms with Crippen LogP contribution in [0, 0.1) is 0 Å². The molecule has 2 heterocycles. The predicted octanol–water partition coefficient (Wildman–Crippen LogP) is 5.55. The number of anilines is 1. The van der Waals surface area contributed by atoms with E-state index >= 15 is 0 Å². The van der Waals surface area contributed by atoms with Crippen molar-refractivity contribution in [1.82, 2.24) is 4.90 Å². The molecular weight excluding hydrogens is 584 g/mol. The lowest BCUT2D eigenvalue weighted by Crippen LogP contribution is -2.46. The number of nitrogens with zero attached hydrogens (tertiary/aromatic N) is 1. The smallest absolute Gasteiger partial charge is 0.303 e. The van der Waals surface area contributed by atoms with Crippen molar-refractivity contribution in [2.75, 3.05) is 25.0 Å². The summed E-state index contributed by atoms with van der Waals surface area (Å²) in [4.78, 5) is 25.5.